The summed E-state index contributed by atoms with van der Waals surface area (Å²) < 4.78 is 134. The molecule has 2 aromatic carbocycles. The van der Waals surface area contributed by atoms with E-state index in [4.69, 9.17) is 0 Å². The smallest absolute Gasteiger partial charge is 0.218 e. The maximum Gasteiger partial charge on any atom is 0.435 e. The summed E-state index contributed by atoms with van der Waals surface area (Å²) in [7, 11) is 0.0541. The highest BCUT2D eigenvalue weighted by Gasteiger charge is 2.73. The van der Waals surface area contributed by atoms with Gasteiger partial charge in [-0.05, 0) is 34.4 Å². The van der Waals surface area contributed by atoms with Crippen LogP contribution in [0.5, 0.6) is 0 Å². The first-order valence-electron chi connectivity index (χ1n) is 10.0. The van der Waals surface area contributed by atoms with Crippen LogP contribution in [0.3, 0.4) is 0 Å². The van der Waals surface area contributed by atoms with Crippen LogP contribution < -0.4 is 0 Å². The second-order valence-corrected chi connectivity index (χ2v) is 8.81. The second-order valence-electron chi connectivity index (χ2n) is 8.81. The van der Waals surface area contributed by atoms with Gasteiger partial charge < -0.3 is 0 Å². The molecule has 0 N–H and O–H groups in total. The summed E-state index contributed by atoms with van der Waals surface area (Å²) in [6.07, 6.45) is -16.8. The fraction of sp³-hybridized carbons (Fsp3) is 0.391. The Morgan fingerprint density at radius 3 is 1.59 bits per heavy atom. The molecule has 0 aliphatic carbocycles. The minimum atomic E-state index is -6.53. The molecule has 34 heavy (non-hydrogen) atoms. The Bertz CT molecular complexity index is 1000. The molecule has 0 saturated heterocycles. The van der Waals surface area contributed by atoms with Crippen LogP contribution in [0.25, 0.3) is 6.08 Å². The topological polar surface area (TPSA) is 0 Å². The zero-order valence-corrected chi connectivity index (χ0v) is 18.4. The lowest BCUT2D eigenvalue weighted by molar-refractivity contribution is -0.348. The van der Waals surface area contributed by atoms with E-state index in [2.05, 4.69) is 6.58 Å². The molecule has 11 heteroatoms. The molecule has 0 saturated carbocycles. The molecular weight excluding hydrogens is 477 g/mol. The van der Waals surface area contributed by atoms with Gasteiger partial charge in [-0.1, -0.05) is 69.3 Å². The third kappa shape index (κ3) is 5.44. The molecular formula is C23H21BF10. The van der Waals surface area contributed by atoms with E-state index in [-0.39, 0.29) is 19.2 Å². The van der Waals surface area contributed by atoms with Crippen LogP contribution in [0.1, 0.15) is 54.4 Å². The number of hydrogen-bond donors (Lipinski definition) is 0. The molecule has 186 valence electrons. The molecule has 0 amide bonds. The Morgan fingerprint density at radius 1 is 0.735 bits per heavy atom. The van der Waals surface area contributed by atoms with Crippen LogP contribution in [-0.2, 0) is 17.2 Å². The number of hydrogen-bond acceptors (Lipinski definition) is 0. The summed E-state index contributed by atoms with van der Waals surface area (Å²) in [5.41, 5.74) is -8.88. The first-order chi connectivity index (χ1) is 15.2. The van der Waals surface area contributed by atoms with E-state index in [9.17, 15) is 43.9 Å². The fourth-order valence-electron chi connectivity index (χ4n) is 3.83. The van der Waals surface area contributed by atoms with Crippen molar-refractivity contribution in [3.63, 3.8) is 0 Å². The van der Waals surface area contributed by atoms with Crippen molar-refractivity contribution < 1.29 is 43.9 Å². The molecule has 0 bridgehead atoms. The molecule has 0 spiro atoms. The molecule has 0 radical (unpaired) electrons. The summed E-state index contributed by atoms with van der Waals surface area (Å²) in [4.78, 5) is 0. The molecule has 2 aromatic rings. The van der Waals surface area contributed by atoms with E-state index in [1.807, 2.05) is 0 Å². The third-order valence-corrected chi connectivity index (χ3v) is 5.78. The molecule has 1 atom stereocenters. The van der Waals surface area contributed by atoms with E-state index >= 15 is 0 Å². The monoisotopic (exact) mass is 498 g/mol. The van der Waals surface area contributed by atoms with Gasteiger partial charge in [0, 0.05) is 5.56 Å². The van der Waals surface area contributed by atoms with E-state index in [1.165, 1.54) is 13.8 Å². The summed E-state index contributed by atoms with van der Waals surface area (Å²) >= 11 is 0. The van der Waals surface area contributed by atoms with Crippen LogP contribution >= 0.6 is 0 Å². The number of rotatable bonds is 6. The summed E-state index contributed by atoms with van der Waals surface area (Å²) in [6, 6.07) is 7.19. The zero-order chi connectivity index (χ0) is 26.3. The van der Waals surface area contributed by atoms with Gasteiger partial charge in [0.1, 0.15) is 7.28 Å². The average Bonchev–Trinajstić information content (AvgIpc) is 2.70. The summed E-state index contributed by atoms with van der Waals surface area (Å²) in [6.45, 7) is 8.08. The number of benzene rings is 2. The minimum Gasteiger partial charge on any atom is -0.218 e. The van der Waals surface area contributed by atoms with E-state index in [1.54, 1.807) is 37.3 Å². The van der Waals surface area contributed by atoms with Gasteiger partial charge in [0.15, 0.2) is 0 Å². The van der Waals surface area contributed by atoms with Crippen LogP contribution in [0, 0.1) is 0 Å². The van der Waals surface area contributed by atoms with Gasteiger partial charge in [0.25, 0.3) is 0 Å². The van der Waals surface area contributed by atoms with Crippen LogP contribution in [-0.4, -0.2) is 19.6 Å². The lowest BCUT2D eigenvalue weighted by Crippen LogP contribution is -2.50. The SMILES string of the molecule is C=Cc1ccc(C(C)BC(C)(C)c2cc(C(F)(F)F)cc(C(F)(C(F)(F)F)C(F)(F)F)c2)cc1. The Balaban J connectivity index is 2.64. The van der Waals surface area contributed by atoms with Crippen molar-refractivity contribution in [2.75, 3.05) is 0 Å². The second kappa shape index (κ2) is 8.96. The van der Waals surface area contributed by atoms with Crippen molar-refractivity contribution >= 4 is 13.4 Å². The Kier molecular flexibility index (Phi) is 7.32. The molecule has 0 aromatic heterocycles. The Hall–Kier alpha value is -2.46. The van der Waals surface area contributed by atoms with Gasteiger partial charge >= 0.3 is 24.2 Å². The molecule has 0 aliphatic rings. The van der Waals surface area contributed by atoms with Gasteiger partial charge in [-0.25, -0.2) is 4.39 Å². The highest BCUT2D eigenvalue weighted by molar-refractivity contribution is 6.42. The molecule has 0 nitrogen and oxygen atoms in total. The predicted octanol–water partition coefficient (Wildman–Crippen LogP) is 8.07. The standard InChI is InChI=1S/C23H21BF10/c1-5-14-6-8-15(9-7-14)13(2)24-19(3,4)16-10-17(12-18(11-16)21(26,27)28)20(25,22(29,30)31)23(32,33)34/h5-13,24H,1H2,2-4H3. The molecule has 0 fully saturated rings. The van der Waals surface area contributed by atoms with E-state index < -0.39 is 52.3 Å². The van der Waals surface area contributed by atoms with Gasteiger partial charge in [-0.3, -0.25) is 0 Å². The molecule has 1 unspecified atom stereocenters. The highest BCUT2D eigenvalue weighted by atomic mass is 19.4. The number of halogens is 10. The van der Waals surface area contributed by atoms with Crippen molar-refractivity contribution in [2.24, 2.45) is 0 Å². The zero-order valence-electron chi connectivity index (χ0n) is 18.4. The van der Waals surface area contributed by atoms with Crippen LogP contribution in [0.15, 0.2) is 49.0 Å². The molecule has 2 rings (SSSR count). The maximum atomic E-state index is 14.6. The predicted molar refractivity (Wildman–Crippen MR) is 111 cm³/mol. The normalized spacial score (nSPS) is 14.6. The first kappa shape index (κ1) is 27.8. The van der Waals surface area contributed by atoms with Crippen molar-refractivity contribution in [2.45, 2.75) is 56.1 Å². The third-order valence-electron chi connectivity index (χ3n) is 5.78. The molecule has 0 aliphatic heterocycles. The largest absolute Gasteiger partial charge is 0.435 e. The van der Waals surface area contributed by atoms with Crippen LogP contribution in [0.2, 0.25) is 0 Å². The van der Waals surface area contributed by atoms with Crippen molar-refractivity contribution in [3.05, 3.63) is 76.9 Å². The Morgan fingerprint density at radius 2 is 1.18 bits per heavy atom. The summed E-state index contributed by atoms with van der Waals surface area (Å²) in [5, 5.41) is -1.34. The van der Waals surface area contributed by atoms with Crippen molar-refractivity contribution in [3.8, 4) is 0 Å². The molecule has 0 heterocycles. The minimum absolute atomic E-state index is 0.0541. The lowest BCUT2D eigenvalue weighted by Gasteiger charge is -2.33. The van der Waals surface area contributed by atoms with Gasteiger partial charge in [-0.2, -0.15) is 39.5 Å². The average molecular weight is 498 g/mol. The quantitative estimate of drug-likeness (QED) is 0.279. The summed E-state index contributed by atoms with van der Waals surface area (Å²) in [5.74, 6) is -0.341. The Labute approximate surface area is 190 Å². The maximum absolute atomic E-state index is 14.6. The van der Waals surface area contributed by atoms with Crippen molar-refractivity contribution in [1.82, 2.24) is 0 Å². The van der Waals surface area contributed by atoms with E-state index in [0.29, 0.717) is 6.07 Å². The highest BCUT2D eigenvalue weighted by Crippen LogP contribution is 2.54. The lowest BCUT2D eigenvalue weighted by atomic mass is 9.44. The van der Waals surface area contributed by atoms with Crippen LogP contribution in [0.4, 0.5) is 43.9 Å². The van der Waals surface area contributed by atoms with Gasteiger partial charge in [0.2, 0.25) is 0 Å². The number of alkyl halides is 10. The van der Waals surface area contributed by atoms with Gasteiger partial charge in [-0.15, -0.1) is 0 Å². The first-order valence-corrected chi connectivity index (χ1v) is 10.0. The van der Waals surface area contributed by atoms with Crippen molar-refractivity contribution in [1.29, 1.82) is 0 Å². The van der Waals surface area contributed by atoms with Gasteiger partial charge in [0.05, 0.1) is 5.56 Å². The fourth-order valence-corrected chi connectivity index (χ4v) is 3.83. The van der Waals surface area contributed by atoms with E-state index in [0.717, 1.165) is 11.1 Å².